The number of nitrogens with one attached hydrogen (secondary N) is 1. The van der Waals surface area contributed by atoms with Crippen LogP contribution in [0.25, 0.3) is 11.0 Å². The van der Waals surface area contributed by atoms with Crippen molar-refractivity contribution in [1.82, 2.24) is 14.9 Å². The number of methoxy groups -OCH3 is 1. The van der Waals surface area contributed by atoms with Gasteiger partial charge in [-0.05, 0) is 60.5 Å². The number of aromatic nitrogens is 2. The number of hydrogen-bond donors (Lipinski definition) is 2. The van der Waals surface area contributed by atoms with Crippen LogP contribution >= 0.6 is 11.3 Å². The highest BCUT2D eigenvalue weighted by molar-refractivity contribution is 7.12. The number of ether oxygens (including phenoxy) is 2. The molecule has 1 saturated heterocycles. The summed E-state index contributed by atoms with van der Waals surface area (Å²) in [6, 6.07) is 3.40. The quantitative estimate of drug-likeness (QED) is 0.514. The third kappa shape index (κ3) is 4.89. The smallest absolute Gasteiger partial charge is 0.340 e. The minimum Gasteiger partial charge on any atom is -0.482 e. The second kappa shape index (κ2) is 9.76. The molecule has 2 N–H and O–H groups in total. The highest BCUT2D eigenvalue weighted by Crippen LogP contribution is 2.33. The summed E-state index contributed by atoms with van der Waals surface area (Å²) >= 11 is 1.31. The maximum absolute atomic E-state index is 13.7. The molecule has 0 amide bonds. The van der Waals surface area contributed by atoms with Crippen LogP contribution in [0.5, 0.6) is 5.06 Å². The predicted octanol–water partition coefficient (Wildman–Crippen LogP) is 4.07. The average molecular weight is 448 g/mol. The van der Waals surface area contributed by atoms with Gasteiger partial charge in [0, 0.05) is 32.5 Å². The lowest BCUT2D eigenvalue weighted by molar-refractivity contribution is -0.00339. The summed E-state index contributed by atoms with van der Waals surface area (Å²) in [5.41, 5.74) is 4.08. The van der Waals surface area contributed by atoms with E-state index < -0.39 is 12.3 Å². The fourth-order valence-corrected chi connectivity index (χ4v) is 4.90. The first-order valence-corrected chi connectivity index (χ1v) is 11.2. The molecular formula is C22H26FN3O4S. The van der Waals surface area contributed by atoms with Crippen molar-refractivity contribution in [2.45, 2.75) is 31.5 Å². The van der Waals surface area contributed by atoms with Gasteiger partial charge in [-0.1, -0.05) is 0 Å². The number of H-pyrrole nitrogens is 1. The molecule has 1 fully saturated rings. The van der Waals surface area contributed by atoms with Gasteiger partial charge in [0.1, 0.15) is 12.2 Å². The molecule has 3 aromatic rings. The minimum atomic E-state index is -1.33. The Kier molecular flexibility index (Phi) is 6.84. The summed E-state index contributed by atoms with van der Waals surface area (Å²) in [7, 11) is 1.37. The Morgan fingerprint density at radius 1 is 1.42 bits per heavy atom. The number of carboxylic acids is 1. The first-order chi connectivity index (χ1) is 15.1. The topological polar surface area (TPSA) is 87.7 Å². The zero-order valence-corrected chi connectivity index (χ0v) is 18.2. The van der Waals surface area contributed by atoms with E-state index in [2.05, 4.69) is 14.9 Å². The number of carboxylic acid groups (broad SMARTS) is 1. The maximum Gasteiger partial charge on any atom is 0.340 e. The van der Waals surface area contributed by atoms with E-state index in [4.69, 9.17) is 14.6 Å². The zero-order valence-electron chi connectivity index (χ0n) is 17.3. The molecule has 0 aliphatic carbocycles. The standard InChI is InChI=1S/C22H26FN3O4S/c1-29-18(23)12-15-2-6-24-20-17(13-25-19(15)20)14-3-7-26(8-4-14)9-10-30-22-16(21(27)28)5-11-31-22/h2,5-6,11,13-14,18,25H,3-4,7-10,12H2,1H3,(H,27,28). The Morgan fingerprint density at radius 3 is 2.97 bits per heavy atom. The fraction of sp³-hybridized carbons (Fsp3) is 0.455. The lowest BCUT2D eigenvalue weighted by Gasteiger charge is -2.31. The van der Waals surface area contributed by atoms with Crippen molar-refractivity contribution in [2.24, 2.45) is 0 Å². The van der Waals surface area contributed by atoms with Crippen LogP contribution in [-0.2, 0) is 11.2 Å². The number of fused-ring (bicyclic) bond motifs is 1. The number of pyridine rings is 1. The SMILES string of the molecule is COC(F)Cc1ccnc2c(C3CCN(CCOc4sccc4C(=O)O)CC3)c[nH]c12. The Labute approximate surface area is 183 Å². The van der Waals surface area contributed by atoms with Gasteiger partial charge in [0.05, 0.1) is 11.0 Å². The van der Waals surface area contributed by atoms with E-state index in [0.29, 0.717) is 17.6 Å². The second-order valence-electron chi connectivity index (χ2n) is 7.68. The highest BCUT2D eigenvalue weighted by Gasteiger charge is 2.24. The molecule has 0 spiro atoms. The number of halogens is 1. The van der Waals surface area contributed by atoms with Crippen LogP contribution in [0.4, 0.5) is 4.39 Å². The van der Waals surface area contributed by atoms with Crippen LogP contribution in [0.3, 0.4) is 0 Å². The molecule has 1 aliphatic rings. The maximum atomic E-state index is 13.7. The monoisotopic (exact) mass is 447 g/mol. The third-order valence-corrected chi connectivity index (χ3v) is 6.67. The molecule has 0 bridgehead atoms. The number of aromatic amines is 1. The van der Waals surface area contributed by atoms with E-state index in [0.717, 1.165) is 49.1 Å². The van der Waals surface area contributed by atoms with Crippen molar-refractivity contribution in [3.63, 3.8) is 0 Å². The summed E-state index contributed by atoms with van der Waals surface area (Å²) in [6.45, 7) is 3.10. The molecule has 7 nitrogen and oxygen atoms in total. The molecule has 3 aromatic heterocycles. The van der Waals surface area contributed by atoms with Gasteiger partial charge in [0.15, 0.2) is 5.06 Å². The normalized spacial score (nSPS) is 16.6. The summed E-state index contributed by atoms with van der Waals surface area (Å²) in [5, 5.41) is 11.3. The average Bonchev–Trinajstić information content (AvgIpc) is 3.42. The number of carbonyl (C=O) groups is 1. The second-order valence-corrected chi connectivity index (χ2v) is 8.56. The molecular weight excluding hydrogens is 421 g/mol. The number of alkyl halides is 1. The van der Waals surface area contributed by atoms with Crippen LogP contribution in [-0.4, -0.2) is 65.7 Å². The van der Waals surface area contributed by atoms with E-state index in [1.54, 1.807) is 17.6 Å². The van der Waals surface area contributed by atoms with E-state index in [1.165, 1.54) is 24.0 Å². The molecule has 9 heteroatoms. The Hall–Kier alpha value is -2.49. The Balaban J connectivity index is 1.32. The highest BCUT2D eigenvalue weighted by atomic mass is 32.1. The molecule has 4 rings (SSSR count). The lowest BCUT2D eigenvalue weighted by Crippen LogP contribution is -2.35. The number of rotatable bonds is 9. The van der Waals surface area contributed by atoms with Crippen molar-refractivity contribution in [2.75, 3.05) is 33.4 Å². The molecule has 1 atom stereocenters. The van der Waals surface area contributed by atoms with Crippen molar-refractivity contribution < 1.29 is 23.8 Å². The summed E-state index contributed by atoms with van der Waals surface area (Å²) in [4.78, 5) is 21.3. The summed E-state index contributed by atoms with van der Waals surface area (Å²) < 4.78 is 24.2. The third-order valence-electron chi connectivity index (χ3n) is 5.85. The van der Waals surface area contributed by atoms with Crippen LogP contribution in [0, 0.1) is 0 Å². The molecule has 1 aliphatic heterocycles. The number of nitrogens with zero attached hydrogens (tertiary/aromatic N) is 2. The minimum absolute atomic E-state index is 0.196. The number of likely N-dealkylation sites (tertiary alicyclic amines) is 1. The van der Waals surface area contributed by atoms with Gasteiger partial charge in [-0.2, -0.15) is 0 Å². The van der Waals surface area contributed by atoms with E-state index in [1.807, 2.05) is 12.3 Å². The molecule has 31 heavy (non-hydrogen) atoms. The predicted molar refractivity (Wildman–Crippen MR) is 117 cm³/mol. The van der Waals surface area contributed by atoms with Crippen LogP contribution in [0.15, 0.2) is 29.9 Å². The van der Waals surface area contributed by atoms with Gasteiger partial charge >= 0.3 is 5.97 Å². The van der Waals surface area contributed by atoms with E-state index in [-0.39, 0.29) is 12.0 Å². The summed E-state index contributed by atoms with van der Waals surface area (Å²) in [6.07, 6.45) is 4.61. The van der Waals surface area contributed by atoms with E-state index in [9.17, 15) is 9.18 Å². The van der Waals surface area contributed by atoms with E-state index >= 15 is 0 Å². The zero-order chi connectivity index (χ0) is 21.8. The van der Waals surface area contributed by atoms with Crippen LogP contribution in [0.1, 0.15) is 40.2 Å². The van der Waals surface area contributed by atoms with Crippen molar-refractivity contribution in [1.29, 1.82) is 0 Å². The molecule has 0 aromatic carbocycles. The number of thiophene rings is 1. The molecule has 0 radical (unpaired) electrons. The number of piperidine rings is 1. The van der Waals surface area contributed by atoms with Gasteiger partial charge in [-0.3, -0.25) is 9.88 Å². The molecule has 166 valence electrons. The number of aromatic carboxylic acids is 1. The van der Waals surface area contributed by atoms with Crippen molar-refractivity contribution in [3.8, 4) is 5.06 Å². The van der Waals surface area contributed by atoms with Crippen LogP contribution in [0.2, 0.25) is 0 Å². The Morgan fingerprint density at radius 2 is 2.23 bits per heavy atom. The van der Waals surface area contributed by atoms with Crippen molar-refractivity contribution >= 4 is 28.3 Å². The largest absolute Gasteiger partial charge is 0.482 e. The first kappa shape index (κ1) is 21.7. The molecule has 0 saturated carbocycles. The number of hydrogen-bond acceptors (Lipinski definition) is 6. The van der Waals surface area contributed by atoms with Crippen molar-refractivity contribution in [3.05, 3.63) is 46.6 Å². The first-order valence-electron chi connectivity index (χ1n) is 10.3. The fourth-order valence-electron chi connectivity index (χ4n) is 4.14. The van der Waals surface area contributed by atoms with Gasteiger partial charge in [-0.25, -0.2) is 9.18 Å². The van der Waals surface area contributed by atoms with Crippen LogP contribution < -0.4 is 4.74 Å². The molecule has 4 heterocycles. The van der Waals surface area contributed by atoms with Gasteiger partial charge in [-0.15, -0.1) is 11.3 Å². The van der Waals surface area contributed by atoms with Gasteiger partial charge < -0.3 is 19.6 Å². The Bertz CT molecular complexity index is 1030. The lowest BCUT2D eigenvalue weighted by atomic mass is 9.90. The summed E-state index contributed by atoms with van der Waals surface area (Å²) in [5.74, 6) is -0.565. The van der Waals surface area contributed by atoms with Gasteiger partial charge in [0.2, 0.25) is 6.36 Å². The van der Waals surface area contributed by atoms with Gasteiger partial charge in [0.25, 0.3) is 0 Å². The molecule has 1 unspecified atom stereocenters.